The SMILES string of the molecule is O=S1(=O)CC1C(F)(F)F. The van der Waals surface area contributed by atoms with Crippen molar-refractivity contribution in [3.63, 3.8) is 0 Å². The molecule has 0 spiro atoms. The quantitative estimate of drug-likeness (QED) is 0.479. The van der Waals surface area contributed by atoms with Crippen LogP contribution in [0.5, 0.6) is 0 Å². The van der Waals surface area contributed by atoms with Crippen molar-refractivity contribution in [2.24, 2.45) is 0 Å². The lowest BCUT2D eigenvalue weighted by Gasteiger charge is -1.97. The van der Waals surface area contributed by atoms with Crippen LogP contribution in [0.3, 0.4) is 0 Å². The molecule has 0 aromatic rings. The van der Waals surface area contributed by atoms with Crippen LogP contribution in [0.4, 0.5) is 13.2 Å². The van der Waals surface area contributed by atoms with Crippen molar-refractivity contribution in [2.75, 3.05) is 5.75 Å². The van der Waals surface area contributed by atoms with E-state index >= 15 is 0 Å². The van der Waals surface area contributed by atoms with Crippen LogP contribution < -0.4 is 0 Å². The van der Waals surface area contributed by atoms with Crippen LogP contribution >= 0.6 is 0 Å². The summed E-state index contributed by atoms with van der Waals surface area (Å²) in [5, 5.41) is -2.06. The summed E-state index contributed by atoms with van der Waals surface area (Å²) in [5.41, 5.74) is 0. The van der Waals surface area contributed by atoms with Crippen molar-refractivity contribution >= 4 is 9.84 Å². The second-order valence-electron chi connectivity index (χ2n) is 1.86. The van der Waals surface area contributed by atoms with E-state index in [-0.39, 0.29) is 0 Å². The van der Waals surface area contributed by atoms with Gasteiger partial charge in [0.15, 0.2) is 15.1 Å². The average Bonchev–Trinajstić information content (AvgIpc) is 2.10. The summed E-state index contributed by atoms with van der Waals surface area (Å²) >= 11 is 0. The topological polar surface area (TPSA) is 34.1 Å². The minimum Gasteiger partial charge on any atom is -0.228 e. The van der Waals surface area contributed by atoms with E-state index in [2.05, 4.69) is 0 Å². The first kappa shape index (κ1) is 6.85. The first-order valence-corrected chi connectivity index (χ1v) is 3.84. The van der Waals surface area contributed by atoms with Crippen molar-refractivity contribution < 1.29 is 21.6 Å². The van der Waals surface area contributed by atoms with E-state index < -0.39 is 27.0 Å². The standard InChI is InChI=1S/C3H3F3O2S/c4-3(5,6)2-1-9(2,7)8/h2H,1H2. The second-order valence-corrected chi connectivity index (χ2v) is 4.09. The molecule has 1 aliphatic rings. The zero-order valence-electron chi connectivity index (χ0n) is 4.14. The number of hydrogen-bond acceptors (Lipinski definition) is 2. The Balaban J connectivity index is 2.75. The predicted octanol–water partition coefficient (Wildman–Crippen LogP) is 0.346. The van der Waals surface area contributed by atoms with E-state index in [0.29, 0.717) is 0 Å². The molecule has 9 heavy (non-hydrogen) atoms. The summed E-state index contributed by atoms with van der Waals surface area (Å²) in [7, 11) is -3.74. The molecule has 6 heteroatoms. The normalized spacial score (nSPS) is 32.1. The third-order valence-corrected chi connectivity index (χ3v) is 2.74. The smallest absolute Gasteiger partial charge is 0.228 e. The highest BCUT2D eigenvalue weighted by molar-refractivity contribution is 7.99. The van der Waals surface area contributed by atoms with Gasteiger partial charge < -0.3 is 0 Å². The molecule has 54 valence electrons. The van der Waals surface area contributed by atoms with Crippen LogP contribution in [0, 0.1) is 0 Å². The molecule has 1 rings (SSSR count). The van der Waals surface area contributed by atoms with E-state index in [1.807, 2.05) is 0 Å². The molecule has 0 aliphatic carbocycles. The number of hydrogen-bond donors (Lipinski definition) is 0. The van der Waals surface area contributed by atoms with Crippen LogP contribution in [0.25, 0.3) is 0 Å². The zero-order chi connectivity index (χ0) is 7.28. The second kappa shape index (κ2) is 1.42. The molecule has 1 saturated heterocycles. The van der Waals surface area contributed by atoms with Gasteiger partial charge in [0.2, 0.25) is 0 Å². The summed E-state index contributed by atoms with van der Waals surface area (Å²) in [6.45, 7) is 0. The summed E-state index contributed by atoms with van der Waals surface area (Å²) in [5.74, 6) is -0.726. The fourth-order valence-corrected chi connectivity index (χ4v) is 1.74. The predicted molar refractivity (Wildman–Crippen MR) is 23.6 cm³/mol. The lowest BCUT2D eigenvalue weighted by atomic mass is 10.5. The number of halogens is 3. The van der Waals surface area contributed by atoms with Crippen LogP contribution in [0.1, 0.15) is 0 Å². The molecule has 0 aromatic heterocycles. The fourth-order valence-electron chi connectivity index (χ4n) is 0.470. The maximum Gasteiger partial charge on any atom is 0.406 e. The van der Waals surface area contributed by atoms with E-state index in [4.69, 9.17) is 0 Å². The van der Waals surface area contributed by atoms with Crippen molar-refractivity contribution in [3.8, 4) is 0 Å². The largest absolute Gasteiger partial charge is 0.406 e. The zero-order valence-corrected chi connectivity index (χ0v) is 4.96. The van der Waals surface area contributed by atoms with Crippen molar-refractivity contribution in [3.05, 3.63) is 0 Å². The number of rotatable bonds is 0. The van der Waals surface area contributed by atoms with Gasteiger partial charge >= 0.3 is 6.18 Å². The minimum absolute atomic E-state index is 0.726. The van der Waals surface area contributed by atoms with Crippen LogP contribution in [0.2, 0.25) is 0 Å². The fraction of sp³-hybridized carbons (Fsp3) is 1.00. The summed E-state index contributed by atoms with van der Waals surface area (Å²) in [6, 6.07) is 0. The highest BCUT2D eigenvalue weighted by Gasteiger charge is 2.61. The Labute approximate surface area is 49.6 Å². The third-order valence-electron chi connectivity index (χ3n) is 1.07. The average molecular weight is 160 g/mol. The van der Waals surface area contributed by atoms with Crippen molar-refractivity contribution in [1.82, 2.24) is 0 Å². The summed E-state index contributed by atoms with van der Waals surface area (Å²) in [4.78, 5) is 0. The Morgan fingerprint density at radius 3 is 1.67 bits per heavy atom. The van der Waals surface area contributed by atoms with Gasteiger partial charge in [-0.25, -0.2) is 8.42 Å². The molecule has 0 bridgehead atoms. The van der Waals surface area contributed by atoms with Gasteiger partial charge in [0.05, 0.1) is 5.75 Å². The van der Waals surface area contributed by atoms with Gasteiger partial charge in [0.25, 0.3) is 0 Å². The molecule has 0 aromatic carbocycles. The Kier molecular flexibility index (Phi) is 1.08. The van der Waals surface area contributed by atoms with Gasteiger partial charge in [0, 0.05) is 0 Å². The maximum absolute atomic E-state index is 11.4. The van der Waals surface area contributed by atoms with E-state index in [0.717, 1.165) is 0 Å². The first-order chi connectivity index (χ1) is 3.84. The molecule has 1 fully saturated rings. The molecule has 2 nitrogen and oxygen atoms in total. The van der Waals surface area contributed by atoms with Crippen molar-refractivity contribution in [1.29, 1.82) is 0 Å². The number of sulfone groups is 1. The molecular weight excluding hydrogens is 157 g/mol. The molecule has 0 amide bonds. The Bertz CT molecular complexity index is 214. The van der Waals surface area contributed by atoms with Gasteiger partial charge in [-0.2, -0.15) is 13.2 Å². The van der Waals surface area contributed by atoms with Gasteiger partial charge in [0.1, 0.15) is 0 Å². The molecule has 0 saturated carbocycles. The Morgan fingerprint density at radius 1 is 1.33 bits per heavy atom. The maximum atomic E-state index is 11.4. The lowest BCUT2D eigenvalue weighted by molar-refractivity contribution is -0.119. The van der Waals surface area contributed by atoms with Crippen LogP contribution in [-0.2, 0) is 9.84 Å². The highest BCUT2D eigenvalue weighted by atomic mass is 32.2. The lowest BCUT2D eigenvalue weighted by Crippen LogP contribution is -2.17. The Hall–Kier alpha value is -0.260. The van der Waals surface area contributed by atoms with Gasteiger partial charge in [-0.05, 0) is 0 Å². The first-order valence-electron chi connectivity index (χ1n) is 2.12. The third kappa shape index (κ3) is 1.17. The minimum atomic E-state index is -4.54. The Morgan fingerprint density at radius 2 is 1.67 bits per heavy atom. The molecular formula is C3H3F3O2S. The van der Waals surface area contributed by atoms with E-state index in [1.54, 1.807) is 0 Å². The van der Waals surface area contributed by atoms with Gasteiger partial charge in [-0.15, -0.1) is 0 Å². The molecule has 1 aliphatic heterocycles. The van der Waals surface area contributed by atoms with Crippen LogP contribution in [0.15, 0.2) is 0 Å². The van der Waals surface area contributed by atoms with Crippen LogP contribution in [-0.4, -0.2) is 25.6 Å². The molecule has 1 unspecified atom stereocenters. The summed E-state index contributed by atoms with van der Waals surface area (Å²) < 4.78 is 54.1. The van der Waals surface area contributed by atoms with Crippen molar-refractivity contribution in [2.45, 2.75) is 11.4 Å². The molecule has 0 N–H and O–H groups in total. The monoisotopic (exact) mass is 160 g/mol. The molecule has 1 atom stereocenters. The van der Waals surface area contributed by atoms with E-state index in [1.165, 1.54) is 0 Å². The molecule has 1 heterocycles. The van der Waals surface area contributed by atoms with Gasteiger partial charge in [-0.1, -0.05) is 0 Å². The number of alkyl halides is 3. The van der Waals surface area contributed by atoms with Gasteiger partial charge in [-0.3, -0.25) is 0 Å². The highest BCUT2D eigenvalue weighted by Crippen LogP contribution is 2.37. The molecule has 0 radical (unpaired) electrons. The van der Waals surface area contributed by atoms with E-state index in [9.17, 15) is 21.6 Å². The summed E-state index contributed by atoms with van der Waals surface area (Å²) in [6.07, 6.45) is -4.54.